The Morgan fingerprint density at radius 1 is 0.897 bits per heavy atom. The van der Waals surface area contributed by atoms with Gasteiger partial charge in [0.05, 0.1) is 18.1 Å². The molecule has 0 amide bonds. The highest BCUT2D eigenvalue weighted by Gasteiger charge is 2.10. The minimum Gasteiger partial charge on any atom is -0.497 e. The summed E-state index contributed by atoms with van der Waals surface area (Å²) in [4.78, 5) is 12.8. The molecule has 0 atom stereocenters. The van der Waals surface area contributed by atoms with Crippen molar-refractivity contribution < 1.29 is 4.74 Å². The van der Waals surface area contributed by atoms with Crippen LogP contribution < -0.4 is 15.4 Å². The van der Waals surface area contributed by atoms with Gasteiger partial charge >= 0.3 is 0 Å². The van der Waals surface area contributed by atoms with Gasteiger partial charge in [0.25, 0.3) is 0 Å². The van der Waals surface area contributed by atoms with Crippen molar-refractivity contribution in [3.8, 4) is 5.75 Å². The smallest absolute Gasteiger partial charge is 0.175 e. The lowest BCUT2D eigenvalue weighted by Gasteiger charge is -2.11. The summed E-state index contributed by atoms with van der Waals surface area (Å²) in [6.45, 7) is 0. The summed E-state index contributed by atoms with van der Waals surface area (Å²) in [5, 5.41) is 7.89. The van der Waals surface area contributed by atoms with Crippen LogP contribution in [0.25, 0.3) is 33.1 Å². The first-order chi connectivity index (χ1) is 14.2. The molecule has 0 aliphatic rings. The summed E-state index contributed by atoms with van der Waals surface area (Å²) in [6, 6.07) is 21.5. The number of rotatable bonds is 3. The summed E-state index contributed by atoms with van der Waals surface area (Å²) in [5.41, 5.74) is 6.05. The molecule has 5 rings (SSSR count). The molecule has 29 heavy (non-hydrogen) atoms. The molecule has 0 bridgehead atoms. The van der Waals surface area contributed by atoms with Crippen LogP contribution in [-0.2, 0) is 0 Å². The highest BCUT2D eigenvalue weighted by Crippen LogP contribution is 2.27. The number of aromatic amines is 1. The monoisotopic (exact) mass is 399 g/mol. The zero-order valence-electron chi connectivity index (χ0n) is 15.6. The second kappa shape index (κ2) is 7.03. The van der Waals surface area contributed by atoms with Crippen molar-refractivity contribution in [2.75, 3.05) is 17.7 Å². The number of hydrogen-bond donors (Lipinski definition) is 3. The molecule has 0 aliphatic heterocycles. The van der Waals surface area contributed by atoms with Crippen LogP contribution in [0.3, 0.4) is 0 Å². The fraction of sp³-hybridized carbons (Fsp3) is 0.0455. The Bertz CT molecular complexity index is 1380. The molecular weight excluding hydrogens is 382 g/mol. The number of thiocarbonyl (C=S) groups is 1. The van der Waals surface area contributed by atoms with Crippen LogP contribution in [-0.4, -0.2) is 27.2 Å². The predicted molar refractivity (Wildman–Crippen MR) is 122 cm³/mol. The molecule has 5 aromatic rings. The van der Waals surface area contributed by atoms with Crippen molar-refractivity contribution in [1.29, 1.82) is 0 Å². The maximum Gasteiger partial charge on any atom is 0.175 e. The van der Waals surface area contributed by atoms with Crippen molar-refractivity contribution in [1.82, 2.24) is 15.0 Å². The van der Waals surface area contributed by atoms with E-state index in [-0.39, 0.29) is 0 Å². The maximum absolute atomic E-state index is 5.46. The van der Waals surface area contributed by atoms with Crippen LogP contribution in [0.1, 0.15) is 0 Å². The number of para-hydroxylation sites is 2. The average Bonchev–Trinajstić information content (AvgIpc) is 3.09. The Hall–Kier alpha value is -3.71. The minimum atomic E-state index is 0.494. The number of methoxy groups -OCH3 is 1. The number of nitrogens with one attached hydrogen (secondary N) is 3. The molecule has 0 fully saturated rings. The van der Waals surface area contributed by atoms with Gasteiger partial charge in [-0.15, -0.1) is 0 Å². The van der Waals surface area contributed by atoms with E-state index in [9.17, 15) is 0 Å². The number of H-pyrrole nitrogens is 1. The second-order valence-electron chi connectivity index (χ2n) is 6.61. The fourth-order valence-electron chi connectivity index (χ4n) is 3.32. The molecule has 0 spiro atoms. The van der Waals surface area contributed by atoms with Gasteiger partial charge in [0.15, 0.2) is 10.8 Å². The Labute approximate surface area is 171 Å². The van der Waals surface area contributed by atoms with E-state index < -0.39 is 0 Å². The van der Waals surface area contributed by atoms with Crippen molar-refractivity contribution in [2.24, 2.45) is 0 Å². The number of ether oxygens (including phenoxy) is 1. The fourth-order valence-corrected chi connectivity index (χ4v) is 3.56. The Balaban J connectivity index is 1.46. The zero-order chi connectivity index (χ0) is 19.8. The lowest BCUT2D eigenvalue weighted by Crippen LogP contribution is -2.18. The largest absolute Gasteiger partial charge is 0.497 e. The molecule has 142 valence electrons. The van der Waals surface area contributed by atoms with E-state index in [4.69, 9.17) is 21.9 Å². The van der Waals surface area contributed by atoms with E-state index in [0.717, 1.165) is 50.2 Å². The molecule has 0 saturated heterocycles. The van der Waals surface area contributed by atoms with Crippen molar-refractivity contribution in [2.45, 2.75) is 0 Å². The topological polar surface area (TPSA) is 74.9 Å². The standard InChI is InChI=1S/C22H17N5OS/c1-28-15-6-4-5-13(11-15)23-22(29)24-14-9-10-17-16(12-14)20-21(26-17)27-19-8-3-2-7-18(19)25-20/h2-12H,1H3,(H,26,27)(H2,23,24,29). The molecular formula is C22H17N5OS. The van der Waals surface area contributed by atoms with Crippen molar-refractivity contribution >= 4 is 61.8 Å². The van der Waals surface area contributed by atoms with Gasteiger partial charge in [-0.2, -0.15) is 0 Å². The molecule has 3 aromatic carbocycles. The van der Waals surface area contributed by atoms with E-state index >= 15 is 0 Å². The number of fused-ring (bicyclic) bond motifs is 4. The van der Waals surface area contributed by atoms with Crippen molar-refractivity contribution in [3.63, 3.8) is 0 Å². The number of benzene rings is 3. The van der Waals surface area contributed by atoms with Gasteiger partial charge in [0, 0.05) is 28.3 Å². The molecule has 0 unspecified atom stereocenters. The van der Waals surface area contributed by atoms with Gasteiger partial charge in [-0.3, -0.25) is 0 Å². The third-order valence-corrected chi connectivity index (χ3v) is 4.89. The highest BCUT2D eigenvalue weighted by molar-refractivity contribution is 7.80. The van der Waals surface area contributed by atoms with Gasteiger partial charge in [0.2, 0.25) is 0 Å². The Morgan fingerprint density at radius 3 is 2.45 bits per heavy atom. The van der Waals surface area contributed by atoms with Crippen LogP contribution in [0.5, 0.6) is 5.75 Å². The second-order valence-corrected chi connectivity index (χ2v) is 7.01. The normalized spacial score (nSPS) is 11.1. The van der Waals surface area contributed by atoms with Crippen LogP contribution in [0, 0.1) is 0 Å². The number of hydrogen-bond acceptors (Lipinski definition) is 4. The predicted octanol–water partition coefficient (Wildman–Crippen LogP) is 5.08. The zero-order valence-corrected chi connectivity index (χ0v) is 16.4. The molecule has 0 saturated carbocycles. The average molecular weight is 399 g/mol. The molecule has 0 aliphatic carbocycles. The number of nitrogens with zero attached hydrogens (tertiary/aromatic N) is 2. The molecule has 7 heteroatoms. The molecule has 2 aromatic heterocycles. The first-order valence-electron chi connectivity index (χ1n) is 9.10. The summed E-state index contributed by atoms with van der Waals surface area (Å²) < 4.78 is 5.25. The minimum absolute atomic E-state index is 0.494. The quantitative estimate of drug-likeness (QED) is 0.367. The maximum atomic E-state index is 5.46. The third-order valence-electron chi connectivity index (χ3n) is 4.68. The summed E-state index contributed by atoms with van der Waals surface area (Å²) in [6.07, 6.45) is 0. The number of anilines is 2. The summed E-state index contributed by atoms with van der Waals surface area (Å²) >= 11 is 5.46. The van der Waals surface area contributed by atoms with Gasteiger partial charge in [-0.05, 0) is 54.7 Å². The van der Waals surface area contributed by atoms with E-state index in [1.165, 1.54) is 0 Å². The molecule has 0 radical (unpaired) electrons. The summed E-state index contributed by atoms with van der Waals surface area (Å²) in [7, 11) is 1.64. The van der Waals surface area contributed by atoms with Crippen molar-refractivity contribution in [3.05, 3.63) is 66.7 Å². The molecule has 2 heterocycles. The van der Waals surface area contributed by atoms with E-state index in [1.807, 2.05) is 66.7 Å². The highest BCUT2D eigenvalue weighted by atomic mass is 32.1. The van der Waals surface area contributed by atoms with E-state index in [1.54, 1.807) is 7.11 Å². The van der Waals surface area contributed by atoms with Crippen LogP contribution >= 0.6 is 12.2 Å². The lowest BCUT2D eigenvalue weighted by atomic mass is 10.2. The molecule has 3 N–H and O–H groups in total. The van der Waals surface area contributed by atoms with Crippen LogP contribution in [0.15, 0.2) is 66.7 Å². The summed E-state index contributed by atoms with van der Waals surface area (Å²) in [5.74, 6) is 0.767. The first-order valence-corrected chi connectivity index (χ1v) is 9.51. The van der Waals surface area contributed by atoms with Crippen LogP contribution in [0.4, 0.5) is 11.4 Å². The number of aromatic nitrogens is 3. The SMILES string of the molecule is COc1cccc(NC(=S)Nc2ccc3[nH]c4nc5ccccc5nc4c3c2)c1. The third kappa shape index (κ3) is 3.32. The Morgan fingerprint density at radius 2 is 1.66 bits per heavy atom. The van der Waals surface area contributed by atoms with Gasteiger partial charge < -0.3 is 20.4 Å². The van der Waals surface area contributed by atoms with Gasteiger partial charge in [-0.25, -0.2) is 9.97 Å². The Kier molecular flexibility index (Phi) is 4.22. The van der Waals surface area contributed by atoms with E-state index in [0.29, 0.717) is 5.11 Å². The van der Waals surface area contributed by atoms with Crippen LogP contribution in [0.2, 0.25) is 0 Å². The van der Waals surface area contributed by atoms with Gasteiger partial charge in [-0.1, -0.05) is 18.2 Å². The lowest BCUT2D eigenvalue weighted by molar-refractivity contribution is 0.415. The first kappa shape index (κ1) is 17.4. The van der Waals surface area contributed by atoms with E-state index in [2.05, 4.69) is 20.6 Å². The van der Waals surface area contributed by atoms with Gasteiger partial charge in [0.1, 0.15) is 11.3 Å². The molecule has 6 nitrogen and oxygen atoms in total.